The second kappa shape index (κ2) is 9.07. The molecule has 2 aromatic rings. The van der Waals surface area contributed by atoms with Crippen molar-refractivity contribution in [3.05, 3.63) is 47.5 Å². The third kappa shape index (κ3) is 6.22. The normalized spacial score (nSPS) is 13.0. The Kier molecular flexibility index (Phi) is 7.30. The highest BCUT2D eigenvalue weighted by molar-refractivity contribution is 7.98. The first kappa shape index (κ1) is 21.7. The highest BCUT2D eigenvalue weighted by atomic mass is 32.2. The zero-order valence-electron chi connectivity index (χ0n) is 16.0. The number of aryl methyl sites for hydroxylation is 1. The number of hydrogen-bond acceptors (Lipinski definition) is 6. The van der Waals surface area contributed by atoms with E-state index in [1.165, 1.54) is 17.0 Å². The number of nitrogens with zero attached hydrogens (tertiary/aromatic N) is 1. The number of nitrogens with two attached hydrogens (primary N) is 1. The molecule has 0 aliphatic carbocycles. The molecule has 148 valence electrons. The summed E-state index contributed by atoms with van der Waals surface area (Å²) in [6.45, 7) is 4.57. The minimum absolute atomic E-state index is 0.0317. The van der Waals surface area contributed by atoms with Crippen molar-refractivity contribution in [2.75, 3.05) is 19.8 Å². The molecule has 6 nitrogen and oxygen atoms in total. The maximum Gasteiger partial charge on any atom is 0.238 e. The Morgan fingerprint density at radius 2 is 1.96 bits per heavy atom. The van der Waals surface area contributed by atoms with E-state index < -0.39 is 16.1 Å². The smallest absolute Gasteiger partial charge is 0.238 e. The Morgan fingerprint density at radius 3 is 2.52 bits per heavy atom. The van der Waals surface area contributed by atoms with Crippen molar-refractivity contribution in [3.63, 3.8) is 0 Å². The van der Waals surface area contributed by atoms with Crippen LogP contribution in [0.1, 0.15) is 18.1 Å². The summed E-state index contributed by atoms with van der Waals surface area (Å²) in [5.41, 5.74) is 1.78. The van der Waals surface area contributed by atoms with Gasteiger partial charge in [0.1, 0.15) is 11.5 Å². The molecule has 0 aliphatic rings. The molecule has 3 N–H and O–H groups in total. The average molecular weight is 411 g/mol. The van der Waals surface area contributed by atoms with E-state index in [0.29, 0.717) is 30.2 Å². The molecular weight excluding hydrogens is 384 g/mol. The Labute approximate surface area is 165 Å². The molecule has 0 fully saturated rings. The van der Waals surface area contributed by atoms with Crippen LogP contribution in [-0.2, 0) is 16.6 Å². The van der Waals surface area contributed by atoms with E-state index in [0.717, 1.165) is 5.56 Å². The molecule has 0 unspecified atom stereocenters. The molecular formula is C19H26N2O4S2. The zero-order valence-corrected chi connectivity index (χ0v) is 17.6. The van der Waals surface area contributed by atoms with E-state index in [2.05, 4.69) is 0 Å². The number of aliphatic hydroxyl groups excluding tert-OH is 1. The lowest BCUT2D eigenvalue weighted by Gasteiger charge is -2.21. The second-order valence-electron chi connectivity index (χ2n) is 6.59. The van der Waals surface area contributed by atoms with Gasteiger partial charge in [-0.05, 0) is 69.1 Å². The van der Waals surface area contributed by atoms with Crippen molar-refractivity contribution in [1.29, 1.82) is 0 Å². The third-order valence-corrected chi connectivity index (χ3v) is 5.78. The fourth-order valence-corrected chi connectivity index (χ4v) is 3.95. The molecule has 0 bridgehead atoms. The number of sulfonamides is 1. The molecule has 0 heterocycles. The molecule has 27 heavy (non-hydrogen) atoms. The van der Waals surface area contributed by atoms with Crippen LogP contribution in [-0.4, -0.2) is 44.4 Å². The van der Waals surface area contributed by atoms with Gasteiger partial charge in [-0.3, -0.25) is 4.90 Å². The van der Waals surface area contributed by atoms with E-state index in [9.17, 15) is 13.5 Å². The van der Waals surface area contributed by atoms with Gasteiger partial charge in [0.25, 0.3) is 0 Å². The van der Waals surface area contributed by atoms with Crippen molar-refractivity contribution in [3.8, 4) is 11.5 Å². The minimum Gasteiger partial charge on any atom is -0.457 e. The topological polar surface area (TPSA) is 92.9 Å². The Bertz CT molecular complexity index is 899. The van der Waals surface area contributed by atoms with Gasteiger partial charge in [0.05, 0.1) is 11.0 Å². The highest BCUT2D eigenvalue weighted by Crippen LogP contribution is 2.31. The largest absolute Gasteiger partial charge is 0.457 e. The molecule has 2 aromatic carbocycles. The summed E-state index contributed by atoms with van der Waals surface area (Å²) in [6.07, 6.45) is 1.52. The maximum atomic E-state index is 11.7. The molecule has 0 aromatic heterocycles. The number of ether oxygens (including phenoxy) is 1. The van der Waals surface area contributed by atoms with Crippen LogP contribution in [0, 0.1) is 6.92 Å². The fraction of sp³-hybridized carbons (Fsp3) is 0.368. The van der Waals surface area contributed by atoms with E-state index >= 15 is 0 Å². The first-order chi connectivity index (χ1) is 12.6. The van der Waals surface area contributed by atoms with Crippen LogP contribution >= 0.6 is 11.8 Å². The van der Waals surface area contributed by atoms with Gasteiger partial charge in [0.15, 0.2) is 0 Å². The Morgan fingerprint density at radius 1 is 1.26 bits per heavy atom. The lowest BCUT2D eigenvalue weighted by atomic mass is 10.1. The third-order valence-electron chi connectivity index (χ3n) is 3.97. The van der Waals surface area contributed by atoms with E-state index in [1.807, 2.05) is 43.3 Å². The first-order valence-corrected chi connectivity index (χ1v) is 11.2. The summed E-state index contributed by atoms with van der Waals surface area (Å²) in [7, 11) is -1.97. The van der Waals surface area contributed by atoms with Crippen molar-refractivity contribution >= 4 is 21.8 Å². The molecule has 0 saturated carbocycles. The Balaban J connectivity index is 2.37. The van der Waals surface area contributed by atoms with Crippen LogP contribution in [0.2, 0.25) is 0 Å². The van der Waals surface area contributed by atoms with Crippen LogP contribution in [0.15, 0.2) is 46.2 Å². The molecule has 0 radical (unpaired) electrons. The predicted octanol–water partition coefficient (Wildman–Crippen LogP) is 2.97. The van der Waals surface area contributed by atoms with Crippen molar-refractivity contribution in [2.45, 2.75) is 36.3 Å². The van der Waals surface area contributed by atoms with Crippen molar-refractivity contribution in [1.82, 2.24) is 4.90 Å². The van der Waals surface area contributed by atoms with Crippen molar-refractivity contribution in [2.24, 2.45) is 5.14 Å². The Hall–Kier alpha value is -1.58. The molecule has 2 rings (SSSR count). The summed E-state index contributed by atoms with van der Waals surface area (Å²) < 4.78 is 29.5. The number of primary sulfonamides is 1. The van der Waals surface area contributed by atoms with Crippen LogP contribution in [0.25, 0.3) is 0 Å². The van der Waals surface area contributed by atoms with Crippen LogP contribution in [0.4, 0.5) is 0 Å². The summed E-state index contributed by atoms with van der Waals surface area (Å²) in [6, 6.07) is 10.4. The van der Waals surface area contributed by atoms with Gasteiger partial charge in [-0.2, -0.15) is 0 Å². The first-order valence-electron chi connectivity index (χ1n) is 8.45. The molecule has 0 spiro atoms. The van der Waals surface area contributed by atoms with Crippen molar-refractivity contribution < 1.29 is 18.3 Å². The molecule has 0 amide bonds. The molecule has 0 aliphatic heterocycles. The number of likely N-dealkylation sites (N-methyl/N-ethyl adjacent to an activating group) is 1. The maximum absolute atomic E-state index is 11.7. The number of aliphatic hydroxyl groups is 1. The number of thioether (sulfide) groups is 1. The van der Waals surface area contributed by atoms with Gasteiger partial charge in [-0.1, -0.05) is 0 Å². The number of benzene rings is 2. The minimum atomic E-state index is -3.82. The van der Waals surface area contributed by atoms with E-state index in [-0.39, 0.29) is 4.90 Å². The number of rotatable bonds is 8. The van der Waals surface area contributed by atoms with Gasteiger partial charge in [0, 0.05) is 23.5 Å². The molecule has 1 atom stereocenters. The number of hydrogen-bond donors (Lipinski definition) is 2. The van der Waals surface area contributed by atoms with Crippen LogP contribution in [0.5, 0.6) is 11.5 Å². The summed E-state index contributed by atoms with van der Waals surface area (Å²) >= 11 is 1.67. The van der Waals surface area contributed by atoms with E-state index in [4.69, 9.17) is 9.88 Å². The predicted molar refractivity (Wildman–Crippen MR) is 109 cm³/mol. The average Bonchev–Trinajstić information content (AvgIpc) is 2.55. The summed E-state index contributed by atoms with van der Waals surface area (Å²) in [5.74, 6) is 1.23. The lowest BCUT2D eigenvalue weighted by Crippen LogP contribution is -2.27. The summed E-state index contributed by atoms with van der Waals surface area (Å²) in [5, 5.41) is 14.8. The summed E-state index contributed by atoms with van der Waals surface area (Å²) in [4.78, 5) is 3.09. The van der Waals surface area contributed by atoms with Gasteiger partial charge in [-0.25, -0.2) is 13.6 Å². The van der Waals surface area contributed by atoms with Gasteiger partial charge < -0.3 is 9.84 Å². The monoisotopic (exact) mass is 410 g/mol. The zero-order chi connectivity index (χ0) is 20.2. The SMILES string of the molecule is CSc1ccc(Oc2ccc(S(N)(=O)=O)cc2CN(C)C[C@@H](C)O)cc1C. The second-order valence-corrected chi connectivity index (χ2v) is 9.00. The lowest BCUT2D eigenvalue weighted by molar-refractivity contribution is 0.138. The van der Waals surface area contributed by atoms with E-state index in [1.54, 1.807) is 24.8 Å². The molecule has 0 saturated heterocycles. The van der Waals surface area contributed by atoms with Gasteiger partial charge in [0.2, 0.25) is 10.0 Å². The van der Waals surface area contributed by atoms with Crippen LogP contribution < -0.4 is 9.88 Å². The van der Waals surface area contributed by atoms with Gasteiger partial charge in [-0.15, -0.1) is 11.8 Å². The fourth-order valence-electron chi connectivity index (χ4n) is 2.80. The standard InChI is InChI=1S/C19H26N2O4S2/c1-13-9-16(5-8-19(13)26-4)25-18-7-6-17(27(20,23)24)10-15(18)12-21(3)11-14(2)22/h5-10,14,22H,11-12H2,1-4H3,(H2,20,23,24)/t14-/m1/s1. The quantitative estimate of drug-likeness (QED) is 0.650. The van der Waals surface area contributed by atoms with Crippen LogP contribution in [0.3, 0.4) is 0 Å². The molecule has 8 heteroatoms. The highest BCUT2D eigenvalue weighted by Gasteiger charge is 2.15. The van der Waals surface area contributed by atoms with Gasteiger partial charge >= 0.3 is 0 Å².